The van der Waals surface area contributed by atoms with Gasteiger partial charge < -0.3 is 14.8 Å². The van der Waals surface area contributed by atoms with Crippen LogP contribution in [-0.4, -0.2) is 22.5 Å². The molecule has 2 heterocycles. The molecule has 1 aliphatic rings. The highest BCUT2D eigenvalue weighted by atomic mass is 16.5. The summed E-state index contributed by atoms with van der Waals surface area (Å²) < 4.78 is 11.0. The van der Waals surface area contributed by atoms with Crippen LogP contribution in [0.5, 0.6) is 17.5 Å². The molecule has 0 aliphatic carbocycles. The zero-order valence-corrected chi connectivity index (χ0v) is 11.6. The second-order valence-corrected chi connectivity index (χ2v) is 4.60. The maximum absolute atomic E-state index is 11.3. The third-order valence-electron chi connectivity index (χ3n) is 3.10. The van der Waals surface area contributed by atoms with Crippen LogP contribution in [0.4, 0.5) is 5.69 Å². The molecule has 108 valence electrons. The number of amides is 1. The van der Waals surface area contributed by atoms with E-state index in [2.05, 4.69) is 15.3 Å². The van der Waals surface area contributed by atoms with Crippen molar-refractivity contribution >= 4 is 11.6 Å². The zero-order chi connectivity index (χ0) is 14.7. The van der Waals surface area contributed by atoms with Gasteiger partial charge >= 0.3 is 0 Å². The van der Waals surface area contributed by atoms with Crippen molar-refractivity contribution in [2.75, 3.05) is 11.9 Å². The summed E-state index contributed by atoms with van der Waals surface area (Å²) in [4.78, 5) is 19.4. The van der Waals surface area contributed by atoms with Crippen LogP contribution in [0.25, 0.3) is 0 Å². The molecule has 1 aromatic carbocycles. The minimum Gasteiger partial charge on any atom is -0.478 e. The van der Waals surface area contributed by atoms with Gasteiger partial charge in [-0.2, -0.15) is 0 Å². The number of hydrogen-bond donors (Lipinski definition) is 1. The van der Waals surface area contributed by atoms with Gasteiger partial charge in [-0.05, 0) is 37.1 Å². The summed E-state index contributed by atoms with van der Waals surface area (Å²) in [6, 6.07) is 7.20. The minimum absolute atomic E-state index is 0.0494. The molecule has 0 atom stereocenters. The first-order chi connectivity index (χ1) is 10.2. The lowest BCUT2D eigenvalue weighted by Crippen LogP contribution is -2.18. The Morgan fingerprint density at radius 1 is 1.19 bits per heavy atom. The van der Waals surface area contributed by atoms with Crippen LogP contribution in [0, 0.1) is 0 Å². The Labute approximate surface area is 122 Å². The Bertz CT molecular complexity index is 673. The first-order valence-electron chi connectivity index (χ1n) is 6.80. The summed E-state index contributed by atoms with van der Waals surface area (Å²) >= 11 is 0. The summed E-state index contributed by atoms with van der Waals surface area (Å²) in [5, 5.41) is 2.84. The molecule has 3 rings (SSSR count). The van der Waals surface area contributed by atoms with Crippen molar-refractivity contribution in [1.29, 1.82) is 0 Å². The van der Waals surface area contributed by atoms with E-state index in [9.17, 15) is 4.79 Å². The number of fused-ring (bicyclic) bond motifs is 1. The minimum atomic E-state index is 0.0494. The molecule has 1 N–H and O–H groups in total. The number of carbonyl (C=O) groups is 1. The molecule has 0 spiro atoms. The third-order valence-corrected chi connectivity index (χ3v) is 3.10. The average molecular weight is 285 g/mol. The predicted octanol–water partition coefficient (Wildman–Crippen LogP) is 2.55. The van der Waals surface area contributed by atoms with Crippen molar-refractivity contribution < 1.29 is 14.3 Å². The smallest absolute Gasteiger partial charge is 0.226 e. The zero-order valence-electron chi connectivity index (χ0n) is 11.6. The van der Waals surface area contributed by atoms with Gasteiger partial charge in [0.15, 0.2) is 0 Å². The van der Waals surface area contributed by atoms with E-state index < -0.39 is 0 Å². The fourth-order valence-corrected chi connectivity index (χ4v) is 2.15. The Kier molecular flexibility index (Phi) is 3.68. The van der Waals surface area contributed by atoms with Crippen molar-refractivity contribution in [3.05, 3.63) is 36.2 Å². The van der Waals surface area contributed by atoms with Gasteiger partial charge in [0.1, 0.15) is 12.1 Å². The summed E-state index contributed by atoms with van der Waals surface area (Å²) in [6.45, 7) is 2.43. The third kappa shape index (κ3) is 3.10. The van der Waals surface area contributed by atoms with E-state index in [1.807, 2.05) is 19.1 Å². The molecule has 1 amide bonds. The van der Waals surface area contributed by atoms with E-state index in [1.54, 1.807) is 12.1 Å². The normalized spacial score (nSPS) is 13.3. The Morgan fingerprint density at radius 3 is 2.90 bits per heavy atom. The van der Waals surface area contributed by atoms with Gasteiger partial charge in [-0.25, -0.2) is 9.97 Å². The number of nitrogens with one attached hydrogen (secondary N) is 1. The number of nitrogens with zero attached hydrogens (tertiary/aromatic N) is 2. The number of aromatic nitrogens is 2. The molecule has 21 heavy (non-hydrogen) atoms. The molecular weight excluding hydrogens is 270 g/mol. The topological polar surface area (TPSA) is 73.3 Å². The van der Waals surface area contributed by atoms with Crippen LogP contribution in [0.3, 0.4) is 0 Å². The van der Waals surface area contributed by atoms with E-state index in [4.69, 9.17) is 9.47 Å². The van der Waals surface area contributed by atoms with Gasteiger partial charge in [-0.15, -0.1) is 0 Å². The Hall–Kier alpha value is -2.63. The molecule has 2 aromatic rings. The van der Waals surface area contributed by atoms with Crippen molar-refractivity contribution in [3.8, 4) is 17.5 Å². The first-order valence-corrected chi connectivity index (χ1v) is 6.80. The molecule has 6 nitrogen and oxygen atoms in total. The summed E-state index contributed by atoms with van der Waals surface area (Å²) in [7, 11) is 0. The molecule has 6 heteroatoms. The van der Waals surface area contributed by atoms with E-state index in [0.29, 0.717) is 37.0 Å². The van der Waals surface area contributed by atoms with Crippen LogP contribution in [0.1, 0.15) is 18.9 Å². The molecule has 0 saturated heterocycles. The SMILES string of the molecule is CCOc1cc(Oc2ccc3c(c2)CCC(=O)N3)ncn1. The van der Waals surface area contributed by atoms with Crippen molar-refractivity contribution in [2.45, 2.75) is 19.8 Å². The quantitative estimate of drug-likeness (QED) is 0.934. The lowest BCUT2D eigenvalue weighted by molar-refractivity contribution is -0.116. The largest absolute Gasteiger partial charge is 0.478 e. The molecule has 1 aromatic heterocycles. The van der Waals surface area contributed by atoms with Crippen molar-refractivity contribution in [1.82, 2.24) is 9.97 Å². The Morgan fingerprint density at radius 2 is 2.05 bits per heavy atom. The predicted molar refractivity (Wildman–Crippen MR) is 76.7 cm³/mol. The number of benzene rings is 1. The van der Waals surface area contributed by atoms with Crippen LogP contribution in [0.15, 0.2) is 30.6 Å². The number of rotatable bonds is 4. The molecule has 0 unspecified atom stereocenters. The molecular formula is C15H15N3O3. The Balaban J connectivity index is 1.79. The number of ether oxygens (including phenoxy) is 2. The number of anilines is 1. The maximum atomic E-state index is 11.3. The van der Waals surface area contributed by atoms with Gasteiger partial charge in [0.2, 0.25) is 17.7 Å². The molecule has 0 radical (unpaired) electrons. The van der Waals surface area contributed by atoms with E-state index >= 15 is 0 Å². The van der Waals surface area contributed by atoms with Gasteiger partial charge in [0.05, 0.1) is 12.7 Å². The lowest BCUT2D eigenvalue weighted by Gasteiger charge is -2.17. The second-order valence-electron chi connectivity index (χ2n) is 4.60. The van der Waals surface area contributed by atoms with E-state index in [1.165, 1.54) is 6.33 Å². The maximum Gasteiger partial charge on any atom is 0.226 e. The second kappa shape index (κ2) is 5.78. The van der Waals surface area contributed by atoms with E-state index in [-0.39, 0.29) is 5.91 Å². The fraction of sp³-hybridized carbons (Fsp3) is 0.267. The van der Waals surface area contributed by atoms with Gasteiger partial charge in [-0.3, -0.25) is 4.79 Å². The van der Waals surface area contributed by atoms with Gasteiger partial charge in [0.25, 0.3) is 0 Å². The highest BCUT2D eigenvalue weighted by Gasteiger charge is 2.15. The highest BCUT2D eigenvalue weighted by Crippen LogP contribution is 2.29. The van der Waals surface area contributed by atoms with Crippen LogP contribution in [-0.2, 0) is 11.2 Å². The molecule has 1 aliphatic heterocycles. The van der Waals surface area contributed by atoms with Crippen molar-refractivity contribution in [3.63, 3.8) is 0 Å². The van der Waals surface area contributed by atoms with Crippen molar-refractivity contribution in [2.24, 2.45) is 0 Å². The number of carbonyl (C=O) groups excluding carboxylic acids is 1. The summed E-state index contributed by atoms with van der Waals surface area (Å²) in [6.07, 6.45) is 2.61. The number of hydrogen-bond acceptors (Lipinski definition) is 5. The average Bonchev–Trinajstić information content (AvgIpc) is 2.48. The fourth-order valence-electron chi connectivity index (χ4n) is 2.15. The first kappa shape index (κ1) is 13.4. The monoisotopic (exact) mass is 285 g/mol. The van der Waals surface area contributed by atoms with E-state index in [0.717, 1.165) is 11.3 Å². The molecule has 0 bridgehead atoms. The summed E-state index contributed by atoms with van der Waals surface area (Å²) in [5.74, 6) is 1.63. The van der Waals surface area contributed by atoms with Gasteiger partial charge in [-0.1, -0.05) is 0 Å². The lowest BCUT2D eigenvalue weighted by atomic mass is 10.0. The molecule has 0 fully saturated rings. The van der Waals surface area contributed by atoms with Crippen LogP contribution < -0.4 is 14.8 Å². The van der Waals surface area contributed by atoms with Gasteiger partial charge in [0, 0.05) is 12.1 Å². The summed E-state index contributed by atoms with van der Waals surface area (Å²) in [5.41, 5.74) is 1.91. The van der Waals surface area contributed by atoms with Crippen LogP contribution in [0.2, 0.25) is 0 Å². The standard InChI is InChI=1S/C15H15N3O3/c1-2-20-14-8-15(17-9-16-14)21-11-4-5-12-10(7-11)3-6-13(19)18-12/h4-5,7-9H,2-3,6H2,1H3,(H,18,19). The number of aryl methyl sites for hydroxylation is 1. The van der Waals surface area contributed by atoms with Crippen LogP contribution >= 0.6 is 0 Å². The highest BCUT2D eigenvalue weighted by molar-refractivity contribution is 5.94. The molecule has 0 saturated carbocycles.